The summed E-state index contributed by atoms with van der Waals surface area (Å²) in [5.41, 5.74) is 1.99. The summed E-state index contributed by atoms with van der Waals surface area (Å²) in [6, 6.07) is 7.91. The lowest BCUT2D eigenvalue weighted by atomic mass is 10.1. The maximum absolute atomic E-state index is 6.34. The van der Waals surface area contributed by atoms with Gasteiger partial charge in [-0.3, -0.25) is 4.99 Å². The van der Waals surface area contributed by atoms with Gasteiger partial charge < -0.3 is 5.32 Å². The molecular formula is C14H12Cl2N2S. The quantitative estimate of drug-likeness (QED) is 0.797. The first-order valence-electron chi connectivity index (χ1n) is 6.07. The van der Waals surface area contributed by atoms with Crippen molar-refractivity contribution in [3.63, 3.8) is 0 Å². The van der Waals surface area contributed by atoms with Crippen molar-refractivity contribution in [2.24, 2.45) is 4.99 Å². The number of hydrogen-bond acceptors (Lipinski definition) is 3. The van der Waals surface area contributed by atoms with Crippen LogP contribution in [0.2, 0.25) is 10.0 Å². The predicted octanol–water partition coefficient (Wildman–Crippen LogP) is 5.33. The Morgan fingerprint density at radius 3 is 2.74 bits per heavy atom. The van der Waals surface area contributed by atoms with Gasteiger partial charge in [0.05, 0.1) is 10.0 Å². The summed E-state index contributed by atoms with van der Waals surface area (Å²) in [6.07, 6.45) is 2.14. The van der Waals surface area contributed by atoms with Gasteiger partial charge in [0.15, 0.2) is 0 Å². The molecule has 0 atom stereocenters. The average Bonchev–Trinajstić information content (AvgIpc) is 3.01. The van der Waals surface area contributed by atoms with Gasteiger partial charge in [0.1, 0.15) is 5.84 Å². The molecule has 2 aromatic rings. The van der Waals surface area contributed by atoms with Crippen LogP contribution in [0.1, 0.15) is 12.8 Å². The summed E-state index contributed by atoms with van der Waals surface area (Å²) in [5, 5.41) is 6.69. The molecule has 1 N–H and O–H groups in total. The molecule has 0 fully saturated rings. The topological polar surface area (TPSA) is 24.4 Å². The van der Waals surface area contributed by atoms with E-state index in [-0.39, 0.29) is 0 Å². The van der Waals surface area contributed by atoms with Crippen LogP contribution in [0.5, 0.6) is 0 Å². The summed E-state index contributed by atoms with van der Waals surface area (Å²) in [4.78, 5) is 5.47. The van der Waals surface area contributed by atoms with Gasteiger partial charge in [-0.25, -0.2) is 0 Å². The van der Waals surface area contributed by atoms with Gasteiger partial charge in [0.25, 0.3) is 0 Å². The molecule has 0 amide bonds. The monoisotopic (exact) mass is 310 g/mol. The first kappa shape index (κ1) is 13.0. The molecule has 0 aliphatic carbocycles. The molecule has 0 radical (unpaired) electrons. The Balaban J connectivity index is 1.85. The third kappa shape index (κ3) is 2.94. The highest BCUT2D eigenvalue weighted by atomic mass is 35.5. The number of benzene rings is 1. The van der Waals surface area contributed by atoms with Crippen molar-refractivity contribution in [3.05, 3.63) is 39.7 Å². The minimum atomic E-state index is 0.724. The molecule has 19 heavy (non-hydrogen) atoms. The highest BCUT2D eigenvalue weighted by Gasteiger charge is 2.10. The summed E-state index contributed by atoms with van der Waals surface area (Å²) in [5.74, 6) is 1.04. The number of hydrogen-bond donors (Lipinski definition) is 1. The van der Waals surface area contributed by atoms with Crippen molar-refractivity contribution >= 4 is 46.1 Å². The summed E-state index contributed by atoms with van der Waals surface area (Å²) in [7, 11) is 0. The van der Waals surface area contributed by atoms with E-state index in [9.17, 15) is 0 Å². The van der Waals surface area contributed by atoms with Gasteiger partial charge in [-0.2, -0.15) is 0 Å². The van der Waals surface area contributed by atoms with E-state index in [4.69, 9.17) is 23.2 Å². The van der Waals surface area contributed by atoms with E-state index in [0.717, 1.165) is 51.4 Å². The average molecular weight is 311 g/mol. The molecule has 0 saturated carbocycles. The molecule has 2 nitrogen and oxygen atoms in total. The Labute approximate surface area is 126 Å². The number of nitrogens with zero attached hydrogens (tertiary/aromatic N) is 1. The summed E-state index contributed by atoms with van der Waals surface area (Å²) >= 11 is 13.9. The minimum Gasteiger partial charge on any atom is -0.344 e. The van der Waals surface area contributed by atoms with Gasteiger partial charge in [0.2, 0.25) is 0 Å². The van der Waals surface area contributed by atoms with E-state index in [0.29, 0.717) is 0 Å². The number of halogens is 2. The van der Waals surface area contributed by atoms with Crippen LogP contribution < -0.4 is 5.32 Å². The highest BCUT2D eigenvalue weighted by Crippen LogP contribution is 2.35. The molecule has 0 spiro atoms. The van der Waals surface area contributed by atoms with Crippen molar-refractivity contribution in [2.45, 2.75) is 12.8 Å². The molecule has 1 aliphatic heterocycles. The third-order valence-electron chi connectivity index (χ3n) is 2.96. The van der Waals surface area contributed by atoms with E-state index < -0.39 is 0 Å². The van der Waals surface area contributed by atoms with Crippen LogP contribution in [0.3, 0.4) is 0 Å². The number of thiophene rings is 1. The second-order valence-electron chi connectivity index (χ2n) is 4.38. The maximum atomic E-state index is 6.34. The lowest BCUT2D eigenvalue weighted by Gasteiger charge is -2.08. The Hall–Kier alpha value is -1.03. The first-order valence-corrected chi connectivity index (χ1v) is 7.70. The molecule has 1 aliphatic rings. The second-order valence-corrected chi connectivity index (χ2v) is 6.14. The molecule has 5 heteroatoms. The zero-order valence-corrected chi connectivity index (χ0v) is 12.4. The van der Waals surface area contributed by atoms with Gasteiger partial charge in [-0.05, 0) is 30.7 Å². The Morgan fingerprint density at radius 1 is 1.21 bits per heavy atom. The van der Waals surface area contributed by atoms with Gasteiger partial charge in [-0.15, -0.1) is 11.3 Å². The molecule has 0 bridgehead atoms. The van der Waals surface area contributed by atoms with Crippen molar-refractivity contribution in [2.75, 3.05) is 11.9 Å². The van der Waals surface area contributed by atoms with Crippen molar-refractivity contribution < 1.29 is 0 Å². The van der Waals surface area contributed by atoms with E-state index in [1.807, 2.05) is 29.6 Å². The maximum Gasteiger partial charge on any atom is 0.101 e. The van der Waals surface area contributed by atoms with Crippen LogP contribution in [-0.2, 0) is 0 Å². The van der Waals surface area contributed by atoms with E-state index in [1.54, 1.807) is 11.3 Å². The molecule has 0 saturated heterocycles. The van der Waals surface area contributed by atoms with E-state index in [1.165, 1.54) is 0 Å². The SMILES string of the molecule is Clc1csc(-c2ccc(NC3=NCCC3)cc2Cl)c1. The molecule has 1 aromatic heterocycles. The Kier molecular flexibility index (Phi) is 3.78. The lowest BCUT2D eigenvalue weighted by molar-refractivity contribution is 0.951. The Bertz CT molecular complexity index is 634. The largest absolute Gasteiger partial charge is 0.344 e. The fourth-order valence-corrected chi connectivity index (χ4v) is 3.51. The molecular weight excluding hydrogens is 299 g/mol. The number of nitrogens with one attached hydrogen (secondary N) is 1. The number of amidine groups is 1. The molecule has 1 aromatic carbocycles. The van der Waals surface area contributed by atoms with Crippen LogP contribution in [0.25, 0.3) is 10.4 Å². The van der Waals surface area contributed by atoms with Crippen molar-refractivity contribution in [1.82, 2.24) is 0 Å². The van der Waals surface area contributed by atoms with Crippen molar-refractivity contribution in [1.29, 1.82) is 0 Å². The second kappa shape index (κ2) is 5.53. The predicted molar refractivity (Wildman–Crippen MR) is 84.9 cm³/mol. The zero-order valence-electron chi connectivity index (χ0n) is 10.1. The van der Waals surface area contributed by atoms with Gasteiger partial charge >= 0.3 is 0 Å². The van der Waals surface area contributed by atoms with Gasteiger partial charge in [0, 0.05) is 34.5 Å². The van der Waals surface area contributed by atoms with Crippen LogP contribution in [0.4, 0.5) is 5.69 Å². The summed E-state index contributed by atoms with van der Waals surface area (Å²) < 4.78 is 0. The van der Waals surface area contributed by atoms with Crippen LogP contribution >= 0.6 is 34.5 Å². The number of anilines is 1. The fraction of sp³-hybridized carbons (Fsp3) is 0.214. The highest BCUT2D eigenvalue weighted by molar-refractivity contribution is 7.14. The summed E-state index contributed by atoms with van der Waals surface area (Å²) in [6.45, 7) is 0.918. The third-order valence-corrected chi connectivity index (χ3v) is 4.59. The normalized spacial score (nSPS) is 14.5. The van der Waals surface area contributed by atoms with E-state index >= 15 is 0 Å². The lowest BCUT2D eigenvalue weighted by Crippen LogP contribution is -2.08. The van der Waals surface area contributed by atoms with E-state index in [2.05, 4.69) is 10.3 Å². The van der Waals surface area contributed by atoms with Crippen molar-refractivity contribution in [3.8, 4) is 10.4 Å². The Morgan fingerprint density at radius 2 is 2.11 bits per heavy atom. The fourth-order valence-electron chi connectivity index (χ4n) is 2.06. The smallest absolute Gasteiger partial charge is 0.101 e. The molecule has 0 unspecified atom stereocenters. The zero-order chi connectivity index (χ0) is 13.2. The number of rotatable bonds is 2. The number of aliphatic imine (C=N–C) groups is 1. The van der Waals surface area contributed by atoms with Crippen LogP contribution in [0, 0.1) is 0 Å². The minimum absolute atomic E-state index is 0.724. The standard InChI is InChI=1S/C14H12Cl2N2S/c15-9-6-13(19-8-9)11-4-3-10(7-12(11)16)18-14-2-1-5-17-14/h3-4,6-8H,1-2,5H2,(H,17,18). The van der Waals surface area contributed by atoms with Crippen LogP contribution in [-0.4, -0.2) is 12.4 Å². The van der Waals surface area contributed by atoms with Gasteiger partial charge in [-0.1, -0.05) is 23.2 Å². The molecule has 3 rings (SSSR count). The first-order chi connectivity index (χ1) is 9.22. The van der Waals surface area contributed by atoms with Crippen LogP contribution in [0.15, 0.2) is 34.6 Å². The molecule has 98 valence electrons. The molecule has 2 heterocycles.